The largest absolute Gasteiger partial charge is 0.392 e. The zero-order chi connectivity index (χ0) is 15.4. The predicted octanol–water partition coefficient (Wildman–Crippen LogP) is 1.96. The Balaban J connectivity index is 2.07. The van der Waals surface area contributed by atoms with E-state index in [0.29, 0.717) is 23.6 Å². The molecule has 0 fully saturated rings. The van der Waals surface area contributed by atoms with Gasteiger partial charge >= 0.3 is 0 Å². The molecule has 0 atom stereocenters. The number of pyridine rings is 1. The Morgan fingerprint density at radius 2 is 2.19 bits per heavy atom. The number of hydrogen-bond acceptors (Lipinski definition) is 5. The average molecular weight is 289 g/mol. The van der Waals surface area contributed by atoms with E-state index in [2.05, 4.69) is 10.1 Å². The number of amides is 1. The van der Waals surface area contributed by atoms with Crippen molar-refractivity contribution in [2.75, 3.05) is 7.05 Å². The molecule has 2 aromatic heterocycles. The standard InChI is InChI=1S/C15H19N3O3/c1-10(2)13-7-12(21-17-13)8-18(3)15(20)14-6-11(9-19)4-5-16-14/h4-7,10,19H,8-9H2,1-3H3. The van der Waals surface area contributed by atoms with Gasteiger partial charge in [-0.3, -0.25) is 9.78 Å². The topological polar surface area (TPSA) is 79.5 Å². The summed E-state index contributed by atoms with van der Waals surface area (Å²) in [5.74, 6) is 0.687. The molecule has 21 heavy (non-hydrogen) atoms. The Hall–Kier alpha value is -2.21. The van der Waals surface area contributed by atoms with Gasteiger partial charge in [-0.1, -0.05) is 19.0 Å². The van der Waals surface area contributed by atoms with Crippen molar-refractivity contribution in [3.8, 4) is 0 Å². The highest BCUT2D eigenvalue weighted by molar-refractivity contribution is 5.92. The molecule has 1 N–H and O–H groups in total. The van der Waals surface area contributed by atoms with Crippen molar-refractivity contribution in [3.63, 3.8) is 0 Å². The van der Waals surface area contributed by atoms with E-state index in [9.17, 15) is 4.79 Å². The van der Waals surface area contributed by atoms with E-state index in [1.54, 1.807) is 19.2 Å². The van der Waals surface area contributed by atoms with Gasteiger partial charge < -0.3 is 14.5 Å². The lowest BCUT2D eigenvalue weighted by molar-refractivity contribution is 0.0766. The molecule has 6 nitrogen and oxygen atoms in total. The minimum atomic E-state index is -0.229. The van der Waals surface area contributed by atoms with Crippen molar-refractivity contribution in [1.82, 2.24) is 15.0 Å². The summed E-state index contributed by atoms with van der Waals surface area (Å²) >= 11 is 0. The van der Waals surface area contributed by atoms with Crippen molar-refractivity contribution < 1.29 is 14.4 Å². The lowest BCUT2D eigenvalue weighted by Crippen LogP contribution is -2.26. The minimum Gasteiger partial charge on any atom is -0.392 e. The van der Waals surface area contributed by atoms with Crippen molar-refractivity contribution >= 4 is 5.91 Å². The van der Waals surface area contributed by atoms with Crippen LogP contribution < -0.4 is 0 Å². The van der Waals surface area contributed by atoms with Crippen molar-refractivity contribution in [2.45, 2.75) is 32.9 Å². The molecule has 0 aliphatic carbocycles. The summed E-state index contributed by atoms with van der Waals surface area (Å²) in [6.07, 6.45) is 1.51. The Morgan fingerprint density at radius 3 is 2.81 bits per heavy atom. The van der Waals surface area contributed by atoms with Crippen LogP contribution in [0.15, 0.2) is 28.9 Å². The number of aromatic nitrogens is 2. The predicted molar refractivity (Wildman–Crippen MR) is 76.5 cm³/mol. The maximum Gasteiger partial charge on any atom is 0.272 e. The minimum absolute atomic E-state index is 0.119. The van der Waals surface area contributed by atoms with Gasteiger partial charge in [0.05, 0.1) is 18.8 Å². The third kappa shape index (κ3) is 3.66. The number of rotatable bonds is 5. The molecule has 0 aliphatic heterocycles. The number of aliphatic hydroxyl groups is 1. The fourth-order valence-electron chi connectivity index (χ4n) is 1.87. The number of carbonyl (C=O) groups is 1. The number of nitrogens with zero attached hydrogens (tertiary/aromatic N) is 3. The first-order valence-corrected chi connectivity index (χ1v) is 6.78. The fraction of sp³-hybridized carbons (Fsp3) is 0.400. The van der Waals surface area contributed by atoms with Crippen LogP contribution >= 0.6 is 0 Å². The van der Waals surface area contributed by atoms with E-state index in [1.807, 2.05) is 19.9 Å². The van der Waals surface area contributed by atoms with E-state index < -0.39 is 0 Å². The van der Waals surface area contributed by atoms with E-state index in [1.165, 1.54) is 11.1 Å². The lowest BCUT2D eigenvalue weighted by Gasteiger charge is -2.14. The number of aliphatic hydroxyl groups excluding tert-OH is 1. The highest BCUT2D eigenvalue weighted by Crippen LogP contribution is 2.15. The van der Waals surface area contributed by atoms with Crippen LogP contribution in [0.3, 0.4) is 0 Å². The first-order valence-electron chi connectivity index (χ1n) is 6.78. The molecule has 0 bridgehead atoms. The molecule has 0 saturated carbocycles. The van der Waals surface area contributed by atoms with Gasteiger partial charge in [-0.2, -0.15) is 0 Å². The highest BCUT2D eigenvalue weighted by atomic mass is 16.5. The van der Waals surface area contributed by atoms with Gasteiger partial charge in [0.15, 0.2) is 5.76 Å². The first kappa shape index (κ1) is 15.2. The van der Waals surface area contributed by atoms with E-state index >= 15 is 0 Å². The Kier molecular flexibility index (Phi) is 4.70. The smallest absolute Gasteiger partial charge is 0.272 e. The van der Waals surface area contributed by atoms with Crippen LogP contribution in [0.25, 0.3) is 0 Å². The van der Waals surface area contributed by atoms with Gasteiger partial charge in [0, 0.05) is 19.3 Å². The normalized spacial score (nSPS) is 10.9. The maximum absolute atomic E-state index is 12.3. The summed E-state index contributed by atoms with van der Waals surface area (Å²) in [6, 6.07) is 5.10. The summed E-state index contributed by atoms with van der Waals surface area (Å²) in [5.41, 5.74) is 1.82. The number of hydrogen-bond donors (Lipinski definition) is 1. The molecular weight excluding hydrogens is 270 g/mol. The van der Waals surface area contributed by atoms with E-state index in [4.69, 9.17) is 9.63 Å². The summed E-state index contributed by atoms with van der Waals surface area (Å²) in [6.45, 7) is 4.26. The van der Waals surface area contributed by atoms with Crippen LogP contribution in [-0.4, -0.2) is 33.1 Å². The monoisotopic (exact) mass is 289 g/mol. The SMILES string of the molecule is CC(C)c1cc(CN(C)C(=O)c2cc(CO)ccn2)on1. The van der Waals surface area contributed by atoms with Gasteiger partial charge in [0.25, 0.3) is 5.91 Å². The summed E-state index contributed by atoms with van der Waals surface area (Å²) in [7, 11) is 1.67. The number of carbonyl (C=O) groups excluding carboxylic acids is 1. The third-order valence-corrected chi connectivity index (χ3v) is 3.13. The Morgan fingerprint density at radius 1 is 1.43 bits per heavy atom. The molecule has 0 aliphatic rings. The third-order valence-electron chi connectivity index (χ3n) is 3.13. The quantitative estimate of drug-likeness (QED) is 0.910. The van der Waals surface area contributed by atoms with E-state index in [-0.39, 0.29) is 18.4 Å². The summed E-state index contributed by atoms with van der Waals surface area (Å²) in [5, 5.41) is 13.1. The van der Waals surface area contributed by atoms with Crippen molar-refractivity contribution in [1.29, 1.82) is 0 Å². The molecule has 0 unspecified atom stereocenters. The van der Waals surface area contributed by atoms with Crippen LogP contribution in [-0.2, 0) is 13.2 Å². The highest BCUT2D eigenvalue weighted by Gasteiger charge is 2.16. The van der Waals surface area contributed by atoms with Crippen LogP contribution in [0.5, 0.6) is 0 Å². The van der Waals surface area contributed by atoms with Gasteiger partial charge in [-0.05, 0) is 23.6 Å². The molecule has 2 rings (SSSR count). The summed E-state index contributed by atoms with van der Waals surface area (Å²) in [4.78, 5) is 17.8. The lowest BCUT2D eigenvalue weighted by atomic mass is 10.1. The molecular formula is C15H19N3O3. The van der Waals surface area contributed by atoms with Gasteiger partial charge in [-0.15, -0.1) is 0 Å². The molecule has 0 spiro atoms. The van der Waals surface area contributed by atoms with Crippen LogP contribution in [0.2, 0.25) is 0 Å². The zero-order valence-corrected chi connectivity index (χ0v) is 12.4. The molecule has 112 valence electrons. The second-order valence-corrected chi connectivity index (χ2v) is 5.24. The molecule has 2 heterocycles. The molecule has 0 radical (unpaired) electrons. The average Bonchev–Trinajstić information content (AvgIpc) is 2.95. The van der Waals surface area contributed by atoms with Crippen molar-refractivity contribution in [3.05, 3.63) is 47.1 Å². The summed E-state index contributed by atoms with van der Waals surface area (Å²) < 4.78 is 5.22. The van der Waals surface area contributed by atoms with Crippen LogP contribution in [0.4, 0.5) is 0 Å². The second kappa shape index (κ2) is 6.49. The molecule has 0 saturated heterocycles. The first-order chi connectivity index (χ1) is 10.0. The molecule has 2 aromatic rings. The molecule has 0 aromatic carbocycles. The van der Waals surface area contributed by atoms with Crippen molar-refractivity contribution in [2.24, 2.45) is 0 Å². The van der Waals surface area contributed by atoms with Gasteiger partial charge in [-0.25, -0.2) is 0 Å². The fourth-order valence-corrected chi connectivity index (χ4v) is 1.87. The Labute approximate surface area is 123 Å². The maximum atomic E-state index is 12.3. The van der Waals surface area contributed by atoms with Gasteiger partial charge in [0.1, 0.15) is 5.69 Å². The Bertz CT molecular complexity index is 622. The van der Waals surface area contributed by atoms with E-state index in [0.717, 1.165) is 5.69 Å². The molecule has 6 heteroatoms. The van der Waals surface area contributed by atoms with Crippen LogP contribution in [0.1, 0.15) is 47.3 Å². The van der Waals surface area contributed by atoms with Crippen LogP contribution in [0, 0.1) is 0 Å². The molecule has 1 amide bonds. The zero-order valence-electron chi connectivity index (χ0n) is 12.4. The second-order valence-electron chi connectivity index (χ2n) is 5.24. The van der Waals surface area contributed by atoms with Gasteiger partial charge in [0.2, 0.25) is 0 Å².